The van der Waals surface area contributed by atoms with E-state index in [0.29, 0.717) is 28.8 Å². The van der Waals surface area contributed by atoms with E-state index in [1.807, 2.05) is 24.3 Å². The largest absolute Gasteiger partial charge is 0.493 e. The minimum absolute atomic E-state index is 0.159. The number of hydrogen-bond acceptors (Lipinski definition) is 7. The third-order valence-electron chi connectivity index (χ3n) is 4.25. The third kappa shape index (κ3) is 4.67. The number of oxazole rings is 1. The van der Waals surface area contributed by atoms with Crippen molar-refractivity contribution in [1.82, 2.24) is 4.98 Å². The van der Waals surface area contributed by atoms with Gasteiger partial charge in [0.2, 0.25) is 23.2 Å². The number of nitrogens with one attached hydrogen (secondary N) is 1. The Balaban J connectivity index is 1.81. The second-order valence-electron chi connectivity index (χ2n) is 6.08. The zero-order chi connectivity index (χ0) is 21.5. The molecule has 3 rings (SSSR count). The molecule has 0 amide bonds. The van der Waals surface area contributed by atoms with Gasteiger partial charge in [0.1, 0.15) is 6.07 Å². The molecule has 0 unspecified atom stereocenters. The average Bonchev–Trinajstić information content (AvgIpc) is 3.18. The summed E-state index contributed by atoms with van der Waals surface area (Å²) in [7, 11) is 4.65. The summed E-state index contributed by atoms with van der Waals surface area (Å²) in [6.45, 7) is 0.402. The molecule has 154 valence electrons. The molecule has 0 spiro atoms. The van der Waals surface area contributed by atoms with Gasteiger partial charge in [-0.05, 0) is 35.4 Å². The first kappa shape index (κ1) is 21.1. The van der Waals surface area contributed by atoms with Crippen molar-refractivity contribution in [3.05, 3.63) is 64.1 Å². The molecular formula is C22H20ClN3O4. The minimum Gasteiger partial charge on any atom is -0.493 e. The first-order chi connectivity index (χ1) is 14.6. The van der Waals surface area contributed by atoms with Crippen LogP contribution in [0.2, 0.25) is 5.02 Å². The fourth-order valence-corrected chi connectivity index (χ4v) is 2.99. The van der Waals surface area contributed by atoms with Crippen LogP contribution in [0.25, 0.3) is 12.2 Å². The topological polar surface area (TPSA) is 89.5 Å². The molecule has 0 radical (unpaired) electrons. The van der Waals surface area contributed by atoms with Crippen LogP contribution in [-0.2, 0) is 6.54 Å². The summed E-state index contributed by atoms with van der Waals surface area (Å²) in [5.74, 6) is 2.13. The standard InChI is InChI=1S/C22H20ClN3O4/c1-27-18-10-14(11-19(28-2)21(18)29-3)8-9-20-26-17(12-24)22(30-20)25-13-15-6-4-5-7-16(15)23/h4-11,25H,13H2,1-3H3/b9-8+. The van der Waals surface area contributed by atoms with E-state index in [4.69, 9.17) is 30.2 Å². The van der Waals surface area contributed by atoms with E-state index >= 15 is 0 Å². The van der Waals surface area contributed by atoms with Crippen LogP contribution in [0.3, 0.4) is 0 Å². The molecule has 8 heteroatoms. The van der Waals surface area contributed by atoms with Crippen LogP contribution in [-0.4, -0.2) is 26.3 Å². The lowest BCUT2D eigenvalue weighted by atomic mass is 10.1. The summed E-state index contributed by atoms with van der Waals surface area (Å²) in [5.41, 5.74) is 1.83. The van der Waals surface area contributed by atoms with Gasteiger partial charge < -0.3 is 23.9 Å². The Labute approximate surface area is 179 Å². The van der Waals surface area contributed by atoms with Crippen molar-refractivity contribution in [2.75, 3.05) is 26.6 Å². The molecule has 0 fully saturated rings. The summed E-state index contributed by atoms with van der Waals surface area (Å²) in [6.07, 6.45) is 3.43. The van der Waals surface area contributed by atoms with Gasteiger partial charge in [-0.15, -0.1) is 0 Å². The Morgan fingerprint density at radius 1 is 1.10 bits per heavy atom. The highest BCUT2D eigenvalue weighted by atomic mass is 35.5. The summed E-state index contributed by atoms with van der Waals surface area (Å²) in [4.78, 5) is 4.20. The molecule has 30 heavy (non-hydrogen) atoms. The molecule has 1 aromatic heterocycles. The van der Waals surface area contributed by atoms with Gasteiger partial charge in [0, 0.05) is 17.6 Å². The second-order valence-corrected chi connectivity index (χ2v) is 6.49. The molecular weight excluding hydrogens is 406 g/mol. The molecule has 0 aliphatic rings. The van der Waals surface area contributed by atoms with E-state index in [-0.39, 0.29) is 17.5 Å². The molecule has 0 saturated heterocycles. The first-order valence-electron chi connectivity index (χ1n) is 8.96. The number of nitriles is 1. The smallest absolute Gasteiger partial charge is 0.232 e. The van der Waals surface area contributed by atoms with Gasteiger partial charge in [-0.2, -0.15) is 10.2 Å². The van der Waals surface area contributed by atoms with Crippen molar-refractivity contribution in [2.24, 2.45) is 0 Å². The van der Waals surface area contributed by atoms with Crippen LogP contribution >= 0.6 is 11.6 Å². The monoisotopic (exact) mass is 425 g/mol. The number of rotatable bonds is 8. The van der Waals surface area contributed by atoms with E-state index in [1.54, 1.807) is 51.7 Å². The van der Waals surface area contributed by atoms with Crippen LogP contribution in [0.1, 0.15) is 22.7 Å². The van der Waals surface area contributed by atoms with Crippen LogP contribution in [0.15, 0.2) is 40.8 Å². The van der Waals surface area contributed by atoms with Crippen molar-refractivity contribution >= 4 is 29.6 Å². The number of nitrogens with zero attached hydrogens (tertiary/aromatic N) is 2. The fourth-order valence-electron chi connectivity index (χ4n) is 2.79. The first-order valence-corrected chi connectivity index (χ1v) is 9.33. The fraction of sp³-hybridized carbons (Fsp3) is 0.182. The van der Waals surface area contributed by atoms with Crippen LogP contribution in [0.5, 0.6) is 17.2 Å². The van der Waals surface area contributed by atoms with Gasteiger partial charge >= 0.3 is 0 Å². The summed E-state index contributed by atoms with van der Waals surface area (Å²) < 4.78 is 21.7. The Morgan fingerprint density at radius 2 is 1.80 bits per heavy atom. The number of benzene rings is 2. The third-order valence-corrected chi connectivity index (χ3v) is 4.62. The van der Waals surface area contributed by atoms with E-state index in [2.05, 4.69) is 10.3 Å². The summed E-state index contributed by atoms with van der Waals surface area (Å²) in [5, 5.41) is 13.0. The van der Waals surface area contributed by atoms with Gasteiger partial charge in [-0.1, -0.05) is 29.8 Å². The Morgan fingerprint density at radius 3 is 2.40 bits per heavy atom. The highest BCUT2D eigenvalue weighted by Crippen LogP contribution is 2.38. The van der Waals surface area contributed by atoms with Gasteiger partial charge in [-0.25, -0.2) is 0 Å². The average molecular weight is 426 g/mol. The molecule has 0 aliphatic heterocycles. The maximum Gasteiger partial charge on any atom is 0.232 e. The van der Waals surface area contributed by atoms with Crippen molar-refractivity contribution in [2.45, 2.75) is 6.54 Å². The second kappa shape index (κ2) is 9.72. The molecule has 2 aromatic carbocycles. The Bertz CT molecular complexity index is 1080. The molecule has 1 heterocycles. The zero-order valence-corrected chi connectivity index (χ0v) is 17.5. The normalized spacial score (nSPS) is 10.6. The lowest BCUT2D eigenvalue weighted by molar-refractivity contribution is 0.324. The SMILES string of the molecule is COc1cc(/C=C/c2nc(C#N)c(NCc3ccccc3Cl)o2)cc(OC)c1OC. The zero-order valence-electron chi connectivity index (χ0n) is 16.7. The molecule has 0 aliphatic carbocycles. The molecule has 0 saturated carbocycles. The number of halogens is 1. The molecule has 0 atom stereocenters. The predicted octanol–water partition coefficient (Wildman–Crippen LogP) is 5.01. The quantitative estimate of drug-likeness (QED) is 0.542. The van der Waals surface area contributed by atoms with Crippen LogP contribution in [0.4, 0.5) is 5.88 Å². The predicted molar refractivity (Wildman–Crippen MR) is 115 cm³/mol. The summed E-state index contributed by atoms with van der Waals surface area (Å²) >= 11 is 6.17. The van der Waals surface area contributed by atoms with E-state index in [0.717, 1.165) is 11.1 Å². The minimum atomic E-state index is 0.159. The van der Waals surface area contributed by atoms with Crippen LogP contribution < -0.4 is 19.5 Å². The van der Waals surface area contributed by atoms with E-state index in [1.165, 1.54) is 0 Å². The molecule has 7 nitrogen and oxygen atoms in total. The van der Waals surface area contributed by atoms with Crippen molar-refractivity contribution in [3.8, 4) is 23.3 Å². The maximum absolute atomic E-state index is 9.35. The highest BCUT2D eigenvalue weighted by molar-refractivity contribution is 6.31. The Hall–Kier alpha value is -3.63. The number of ether oxygens (including phenoxy) is 3. The lowest BCUT2D eigenvalue weighted by Crippen LogP contribution is -2.00. The van der Waals surface area contributed by atoms with Gasteiger partial charge in [-0.3, -0.25) is 0 Å². The number of anilines is 1. The number of hydrogen-bond donors (Lipinski definition) is 1. The number of aromatic nitrogens is 1. The lowest BCUT2D eigenvalue weighted by Gasteiger charge is -2.12. The molecule has 3 aromatic rings. The van der Waals surface area contributed by atoms with E-state index in [9.17, 15) is 5.26 Å². The highest BCUT2D eigenvalue weighted by Gasteiger charge is 2.14. The maximum atomic E-state index is 9.35. The van der Waals surface area contributed by atoms with Crippen LogP contribution in [0, 0.1) is 11.3 Å². The van der Waals surface area contributed by atoms with Crippen molar-refractivity contribution in [1.29, 1.82) is 5.26 Å². The molecule has 1 N–H and O–H groups in total. The van der Waals surface area contributed by atoms with Gasteiger partial charge in [0.15, 0.2) is 11.5 Å². The number of methoxy groups -OCH3 is 3. The van der Waals surface area contributed by atoms with Gasteiger partial charge in [0.05, 0.1) is 21.3 Å². The van der Waals surface area contributed by atoms with Crippen molar-refractivity contribution in [3.63, 3.8) is 0 Å². The van der Waals surface area contributed by atoms with Gasteiger partial charge in [0.25, 0.3) is 0 Å². The van der Waals surface area contributed by atoms with E-state index < -0.39 is 0 Å². The Kier molecular flexibility index (Phi) is 6.83. The molecule has 0 bridgehead atoms. The van der Waals surface area contributed by atoms with Crippen molar-refractivity contribution < 1.29 is 18.6 Å². The summed E-state index contributed by atoms with van der Waals surface area (Å²) in [6, 6.07) is 13.1.